The average Bonchev–Trinajstić information content (AvgIpc) is 3.16. The Labute approximate surface area is 133 Å². The molecule has 1 aliphatic rings. The Morgan fingerprint density at radius 3 is 2.95 bits per heavy atom. The summed E-state index contributed by atoms with van der Waals surface area (Å²) in [7, 11) is 1.78. The molecule has 5 nitrogen and oxygen atoms in total. The molecule has 0 unspecified atom stereocenters. The minimum atomic E-state index is -0.566. The van der Waals surface area contributed by atoms with Crippen LogP contribution in [0.25, 0.3) is 0 Å². The summed E-state index contributed by atoms with van der Waals surface area (Å²) in [6.45, 7) is 2.55. The van der Waals surface area contributed by atoms with Crippen LogP contribution < -0.4 is 14.2 Å². The van der Waals surface area contributed by atoms with E-state index < -0.39 is 6.10 Å². The fourth-order valence-electron chi connectivity index (χ4n) is 2.25. The fraction of sp³-hybridized carbons (Fsp3) is 0.312. The first-order valence-corrected chi connectivity index (χ1v) is 7.90. The van der Waals surface area contributed by atoms with E-state index in [1.165, 1.54) is 0 Å². The molecule has 0 spiro atoms. The summed E-state index contributed by atoms with van der Waals surface area (Å²) >= 11 is 1.62. The number of hydrogen-bond donors (Lipinski definition) is 0. The molecule has 0 saturated carbocycles. The molecule has 0 aliphatic carbocycles. The first kappa shape index (κ1) is 14.7. The zero-order valence-corrected chi connectivity index (χ0v) is 13.3. The van der Waals surface area contributed by atoms with E-state index >= 15 is 0 Å². The van der Waals surface area contributed by atoms with E-state index in [-0.39, 0.29) is 12.7 Å². The SMILES string of the molecule is C[C@H](Oc1ccc2c(c1)OCO2)C(=O)N(C)Cc1ccsc1. The monoisotopic (exact) mass is 319 g/mol. The number of benzene rings is 1. The highest BCUT2D eigenvalue weighted by atomic mass is 32.1. The third kappa shape index (κ3) is 3.17. The molecule has 6 heteroatoms. The predicted molar refractivity (Wildman–Crippen MR) is 83.4 cm³/mol. The van der Waals surface area contributed by atoms with Crippen LogP contribution >= 0.6 is 11.3 Å². The quantitative estimate of drug-likeness (QED) is 0.850. The second-order valence-electron chi connectivity index (χ2n) is 5.10. The summed E-state index contributed by atoms with van der Waals surface area (Å²) < 4.78 is 16.3. The maximum Gasteiger partial charge on any atom is 0.263 e. The summed E-state index contributed by atoms with van der Waals surface area (Å²) in [6.07, 6.45) is -0.566. The third-order valence-electron chi connectivity index (χ3n) is 3.38. The Morgan fingerprint density at radius 2 is 2.18 bits per heavy atom. The highest BCUT2D eigenvalue weighted by molar-refractivity contribution is 7.07. The van der Waals surface area contributed by atoms with Crippen molar-refractivity contribution in [2.75, 3.05) is 13.8 Å². The molecule has 0 bridgehead atoms. The van der Waals surface area contributed by atoms with E-state index in [1.54, 1.807) is 48.4 Å². The van der Waals surface area contributed by atoms with Crippen LogP contribution in [0, 0.1) is 0 Å². The first-order chi connectivity index (χ1) is 10.6. The number of thiophene rings is 1. The molecule has 0 fully saturated rings. The summed E-state index contributed by atoms with van der Waals surface area (Å²) in [5, 5.41) is 4.04. The number of carbonyl (C=O) groups is 1. The lowest BCUT2D eigenvalue weighted by Gasteiger charge is -2.22. The molecule has 1 aliphatic heterocycles. The molecule has 2 aromatic rings. The van der Waals surface area contributed by atoms with Crippen LogP contribution in [0.4, 0.5) is 0 Å². The molecular weight excluding hydrogens is 302 g/mol. The maximum atomic E-state index is 12.4. The summed E-state index contributed by atoms with van der Waals surface area (Å²) in [5.74, 6) is 1.86. The van der Waals surface area contributed by atoms with E-state index in [1.807, 2.05) is 16.8 Å². The minimum absolute atomic E-state index is 0.0659. The van der Waals surface area contributed by atoms with Crippen LogP contribution in [0.15, 0.2) is 35.0 Å². The van der Waals surface area contributed by atoms with Crippen molar-refractivity contribution in [2.45, 2.75) is 19.6 Å². The van der Waals surface area contributed by atoms with Crippen LogP contribution in [0.2, 0.25) is 0 Å². The molecule has 1 aromatic heterocycles. The van der Waals surface area contributed by atoms with Crippen LogP contribution in [0.5, 0.6) is 17.2 Å². The Morgan fingerprint density at radius 1 is 1.36 bits per heavy atom. The first-order valence-electron chi connectivity index (χ1n) is 6.96. The van der Waals surface area contributed by atoms with Crippen molar-refractivity contribution in [3.8, 4) is 17.2 Å². The minimum Gasteiger partial charge on any atom is -0.481 e. The molecule has 22 heavy (non-hydrogen) atoms. The Balaban J connectivity index is 1.61. The van der Waals surface area contributed by atoms with E-state index in [0.717, 1.165) is 5.56 Å². The van der Waals surface area contributed by atoms with Crippen molar-refractivity contribution in [1.29, 1.82) is 0 Å². The molecule has 0 N–H and O–H groups in total. The topological polar surface area (TPSA) is 48.0 Å². The summed E-state index contributed by atoms with van der Waals surface area (Å²) in [5.41, 5.74) is 1.12. The number of carbonyl (C=O) groups excluding carboxylic acids is 1. The number of hydrogen-bond acceptors (Lipinski definition) is 5. The van der Waals surface area contributed by atoms with Crippen LogP contribution in [0.1, 0.15) is 12.5 Å². The fourth-order valence-corrected chi connectivity index (χ4v) is 2.91. The van der Waals surface area contributed by atoms with Gasteiger partial charge in [-0.05, 0) is 41.4 Å². The molecule has 3 rings (SSSR count). The standard InChI is InChI=1S/C16H17NO4S/c1-11(16(18)17(2)8-12-5-6-22-9-12)21-13-3-4-14-15(7-13)20-10-19-14/h3-7,9,11H,8,10H2,1-2H3/t11-/m0/s1. The second kappa shape index (κ2) is 6.27. The van der Waals surface area contributed by atoms with Gasteiger partial charge in [0.15, 0.2) is 17.6 Å². The molecule has 1 aromatic carbocycles. The Hall–Kier alpha value is -2.21. The average molecular weight is 319 g/mol. The highest BCUT2D eigenvalue weighted by Gasteiger charge is 2.21. The number of likely N-dealkylation sites (N-methyl/N-ethyl adjacent to an activating group) is 1. The van der Waals surface area contributed by atoms with Crippen molar-refractivity contribution in [3.63, 3.8) is 0 Å². The predicted octanol–water partition coefficient (Wildman–Crippen LogP) is 2.90. The Kier molecular flexibility index (Phi) is 4.20. The van der Waals surface area contributed by atoms with E-state index in [0.29, 0.717) is 23.8 Å². The Bertz CT molecular complexity index is 656. The van der Waals surface area contributed by atoms with Crippen molar-refractivity contribution in [3.05, 3.63) is 40.6 Å². The van der Waals surface area contributed by atoms with Crippen LogP contribution in [0.3, 0.4) is 0 Å². The van der Waals surface area contributed by atoms with Gasteiger partial charge in [0.05, 0.1) is 0 Å². The van der Waals surface area contributed by atoms with Crippen LogP contribution in [-0.4, -0.2) is 30.8 Å². The van der Waals surface area contributed by atoms with Gasteiger partial charge >= 0.3 is 0 Å². The smallest absolute Gasteiger partial charge is 0.263 e. The second-order valence-corrected chi connectivity index (χ2v) is 5.88. The summed E-state index contributed by atoms with van der Waals surface area (Å²) in [4.78, 5) is 14.0. The van der Waals surface area contributed by atoms with Crippen LogP contribution in [-0.2, 0) is 11.3 Å². The maximum absolute atomic E-state index is 12.4. The van der Waals surface area contributed by atoms with Crippen molar-refractivity contribution < 1.29 is 19.0 Å². The zero-order chi connectivity index (χ0) is 15.5. The molecule has 0 radical (unpaired) electrons. The lowest BCUT2D eigenvalue weighted by atomic mass is 10.2. The largest absolute Gasteiger partial charge is 0.481 e. The lowest BCUT2D eigenvalue weighted by Crippen LogP contribution is -2.37. The molecular formula is C16H17NO4S. The number of nitrogens with zero attached hydrogens (tertiary/aromatic N) is 1. The van der Waals surface area contributed by atoms with E-state index in [9.17, 15) is 4.79 Å². The van der Waals surface area contributed by atoms with Gasteiger partial charge in [-0.2, -0.15) is 11.3 Å². The van der Waals surface area contributed by atoms with Gasteiger partial charge in [0, 0.05) is 19.7 Å². The number of ether oxygens (including phenoxy) is 3. The molecule has 1 atom stereocenters. The zero-order valence-electron chi connectivity index (χ0n) is 12.4. The number of rotatable bonds is 5. The molecule has 0 saturated heterocycles. The summed E-state index contributed by atoms with van der Waals surface area (Å²) in [6, 6.07) is 7.31. The lowest BCUT2D eigenvalue weighted by molar-refractivity contribution is -0.137. The van der Waals surface area contributed by atoms with Crippen molar-refractivity contribution in [1.82, 2.24) is 4.90 Å². The van der Waals surface area contributed by atoms with E-state index in [2.05, 4.69) is 0 Å². The van der Waals surface area contributed by atoms with Gasteiger partial charge in [-0.3, -0.25) is 4.79 Å². The van der Waals surface area contributed by atoms with Gasteiger partial charge in [0.1, 0.15) is 5.75 Å². The third-order valence-corrected chi connectivity index (χ3v) is 4.11. The van der Waals surface area contributed by atoms with Crippen molar-refractivity contribution in [2.24, 2.45) is 0 Å². The van der Waals surface area contributed by atoms with Gasteiger partial charge in [0.2, 0.25) is 6.79 Å². The van der Waals surface area contributed by atoms with Gasteiger partial charge in [-0.1, -0.05) is 0 Å². The van der Waals surface area contributed by atoms with E-state index in [4.69, 9.17) is 14.2 Å². The number of fused-ring (bicyclic) bond motifs is 1. The van der Waals surface area contributed by atoms with Gasteiger partial charge in [-0.25, -0.2) is 0 Å². The number of amides is 1. The molecule has 116 valence electrons. The molecule has 1 amide bonds. The van der Waals surface area contributed by atoms with Gasteiger partial charge in [0.25, 0.3) is 5.91 Å². The molecule has 2 heterocycles. The highest BCUT2D eigenvalue weighted by Crippen LogP contribution is 2.35. The van der Waals surface area contributed by atoms with Gasteiger partial charge in [-0.15, -0.1) is 0 Å². The normalized spacial score (nSPS) is 13.7. The van der Waals surface area contributed by atoms with Gasteiger partial charge < -0.3 is 19.1 Å². The van der Waals surface area contributed by atoms with Crippen molar-refractivity contribution >= 4 is 17.2 Å².